The second kappa shape index (κ2) is 25.5. The van der Waals surface area contributed by atoms with Gasteiger partial charge in [-0.1, -0.05) is 138 Å². The molecule has 8 heteroatoms. The molecule has 2 aliphatic carbocycles. The van der Waals surface area contributed by atoms with Gasteiger partial charge in [-0.25, -0.2) is 0 Å². The maximum absolute atomic E-state index is 11.8. The van der Waals surface area contributed by atoms with Crippen LogP contribution in [0.4, 0.5) is 0 Å². The Balaban J connectivity index is 0.000000221. The van der Waals surface area contributed by atoms with Crippen LogP contribution in [0.25, 0.3) is 22.5 Å². The fraction of sp³-hybridized carbons (Fsp3) is 0.471. The fourth-order valence-electron chi connectivity index (χ4n) is 12.7. The predicted molar refractivity (Wildman–Crippen MR) is 309 cm³/mol. The van der Waals surface area contributed by atoms with Crippen molar-refractivity contribution in [1.29, 1.82) is 0 Å². The molecule has 8 nitrogen and oxygen atoms in total. The number of hydrogen-bond donors (Lipinski definition) is 3. The minimum absolute atomic E-state index is 0.0141. The van der Waals surface area contributed by atoms with Gasteiger partial charge in [0.25, 0.3) is 0 Å². The van der Waals surface area contributed by atoms with Crippen LogP contribution in [0.15, 0.2) is 109 Å². The Morgan fingerprint density at radius 3 is 1.20 bits per heavy atom. The fourth-order valence-corrected chi connectivity index (χ4v) is 12.7. The molecule has 0 aliphatic heterocycles. The van der Waals surface area contributed by atoms with Gasteiger partial charge in [-0.2, -0.15) is 0 Å². The molecular weight excluding hydrogens is 941 g/mol. The minimum atomic E-state index is -0.847. The lowest BCUT2D eigenvalue weighted by atomic mass is 9.69. The number of carboxylic acids is 1. The monoisotopic (exact) mass is 1030 g/mol. The molecule has 2 saturated carbocycles. The van der Waals surface area contributed by atoms with Gasteiger partial charge in [-0.15, -0.1) is 0 Å². The number of aryl methyl sites for hydroxylation is 6. The topological polar surface area (TPSA) is 130 Å². The zero-order valence-corrected chi connectivity index (χ0v) is 47.3. The van der Waals surface area contributed by atoms with Gasteiger partial charge in [0.15, 0.2) is 0 Å². The third kappa shape index (κ3) is 13.4. The summed E-state index contributed by atoms with van der Waals surface area (Å²) in [4.78, 5) is 32.0. The highest BCUT2D eigenvalue weighted by Gasteiger charge is 2.35. The molecule has 2 aromatic heterocycles. The van der Waals surface area contributed by atoms with Crippen LogP contribution in [0, 0.1) is 27.7 Å². The summed E-state index contributed by atoms with van der Waals surface area (Å²) in [6, 6.07) is 35.2. The van der Waals surface area contributed by atoms with Gasteiger partial charge in [0, 0.05) is 34.4 Å². The normalized spacial score (nSPS) is 15.0. The molecule has 76 heavy (non-hydrogen) atoms. The molecule has 2 heterocycles. The smallest absolute Gasteiger partial charge is 0.310 e. The Hall–Kier alpha value is -5.96. The molecule has 0 saturated heterocycles. The van der Waals surface area contributed by atoms with E-state index in [0.717, 1.165) is 131 Å². The number of benzene rings is 4. The molecule has 6 aromatic rings. The van der Waals surface area contributed by atoms with E-state index in [0.29, 0.717) is 12.2 Å². The number of aromatic nitrogens is 2. The van der Waals surface area contributed by atoms with E-state index in [2.05, 4.69) is 138 Å². The molecule has 2 fully saturated rings. The first-order valence-electron chi connectivity index (χ1n) is 28.6. The van der Waals surface area contributed by atoms with Gasteiger partial charge < -0.3 is 20.1 Å². The van der Waals surface area contributed by atoms with Crippen LogP contribution < -0.4 is 0 Å². The number of aliphatic carboxylic acids is 1. The van der Waals surface area contributed by atoms with Gasteiger partial charge in [-0.3, -0.25) is 19.6 Å². The number of hydrogen-bond acceptors (Lipinski definition) is 7. The van der Waals surface area contributed by atoms with Crippen molar-refractivity contribution in [2.24, 2.45) is 0 Å². The predicted octanol–water partition coefficient (Wildman–Crippen LogP) is 15.2. The quantitative estimate of drug-likeness (QED) is 0.0608. The van der Waals surface area contributed by atoms with Gasteiger partial charge in [0.1, 0.15) is 0 Å². The van der Waals surface area contributed by atoms with Crippen molar-refractivity contribution in [1.82, 2.24) is 9.97 Å². The van der Waals surface area contributed by atoms with Crippen LogP contribution in [0.2, 0.25) is 0 Å². The first-order valence-corrected chi connectivity index (χ1v) is 28.6. The van der Waals surface area contributed by atoms with Gasteiger partial charge in [0.05, 0.1) is 42.0 Å². The second-order valence-corrected chi connectivity index (χ2v) is 22.4. The molecule has 0 amide bonds. The number of carbonyl (C=O) groups is 2. The van der Waals surface area contributed by atoms with Crippen molar-refractivity contribution < 1.29 is 29.6 Å². The standard InChI is InChI=1S/C35H45NO3.C33H41NO3/c1-6-35(7-2,29-13-12-28(25(4)21-29)17-20-34(38)18-9-10-19-34)30-14-15-31(26(5)22-30)32-16-11-27(24-36-32)23-33(37)39-8-3;1-5-33(6-2,27-11-10-26(23(3)19-27)15-18-32(37)16-7-8-17-32)28-12-13-29(24(4)20-28)30-14-9-25(22-34-30)21-31(35)36/h11-16,21-22,24,38H,6-10,17-20,23H2,1-5H3;9-14,19-20,22,37H,5-8,15-18,21H2,1-4H3,(H,35,36). The molecule has 0 radical (unpaired) electrons. The van der Waals surface area contributed by atoms with E-state index < -0.39 is 17.2 Å². The lowest BCUT2D eigenvalue weighted by molar-refractivity contribution is -0.142. The lowest BCUT2D eigenvalue weighted by Gasteiger charge is -2.34. The summed E-state index contributed by atoms with van der Waals surface area (Å²) in [5.41, 5.74) is 17.5. The summed E-state index contributed by atoms with van der Waals surface area (Å²) in [7, 11) is 0. The van der Waals surface area contributed by atoms with E-state index in [1.165, 1.54) is 55.6 Å². The molecule has 0 spiro atoms. The van der Waals surface area contributed by atoms with Crippen molar-refractivity contribution in [2.45, 2.75) is 200 Å². The van der Waals surface area contributed by atoms with E-state index in [1.54, 1.807) is 12.4 Å². The Morgan fingerprint density at radius 2 is 0.882 bits per heavy atom. The number of aliphatic hydroxyl groups is 2. The largest absolute Gasteiger partial charge is 0.481 e. The van der Waals surface area contributed by atoms with Crippen molar-refractivity contribution in [3.8, 4) is 22.5 Å². The van der Waals surface area contributed by atoms with Crippen LogP contribution >= 0.6 is 0 Å². The molecule has 404 valence electrons. The molecule has 8 rings (SSSR count). The van der Waals surface area contributed by atoms with Crippen molar-refractivity contribution in [3.05, 3.63) is 176 Å². The summed E-state index contributed by atoms with van der Waals surface area (Å²) in [5, 5.41) is 30.7. The first kappa shape index (κ1) is 57.7. The third-order valence-corrected chi connectivity index (χ3v) is 17.8. The highest BCUT2D eigenvalue weighted by Crippen LogP contribution is 2.44. The summed E-state index contributed by atoms with van der Waals surface area (Å²) in [6.45, 7) is 20.0. The van der Waals surface area contributed by atoms with Gasteiger partial charge in [-0.05, 0) is 191 Å². The van der Waals surface area contributed by atoms with E-state index in [-0.39, 0.29) is 29.6 Å². The van der Waals surface area contributed by atoms with Gasteiger partial charge >= 0.3 is 11.9 Å². The molecule has 0 bridgehead atoms. The van der Waals surface area contributed by atoms with E-state index >= 15 is 0 Å². The lowest BCUT2D eigenvalue weighted by Crippen LogP contribution is -2.27. The Labute approximate surface area is 454 Å². The molecule has 0 unspecified atom stereocenters. The second-order valence-electron chi connectivity index (χ2n) is 22.4. The van der Waals surface area contributed by atoms with Crippen molar-refractivity contribution >= 4 is 11.9 Å². The van der Waals surface area contributed by atoms with Gasteiger partial charge in [0.2, 0.25) is 0 Å². The summed E-state index contributed by atoms with van der Waals surface area (Å²) >= 11 is 0. The molecule has 2 aliphatic rings. The van der Waals surface area contributed by atoms with Crippen molar-refractivity contribution in [3.63, 3.8) is 0 Å². The summed E-state index contributed by atoms with van der Waals surface area (Å²) < 4.78 is 5.06. The first-order chi connectivity index (χ1) is 36.4. The Morgan fingerprint density at radius 1 is 0.513 bits per heavy atom. The molecule has 3 N–H and O–H groups in total. The minimum Gasteiger partial charge on any atom is -0.481 e. The van der Waals surface area contributed by atoms with E-state index in [4.69, 9.17) is 9.84 Å². The number of carboxylic acid groups (broad SMARTS) is 1. The van der Waals surface area contributed by atoms with Crippen molar-refractivity contribution in [2.75, 3.05) is 6.61 Å². The molecule has 0 atom stereocenters. The molecular formula is C68H86N2O6. The van der Waals surface area contributed by atoms with Crippen LogP contribution in [-0.2, 0) is 50.8 Å². The average molecular weight is 1030 g/mol. The SMILES string of the molecule is CCC(CC)(c1ccc(CCC2(O)CCCC2)c(C)c1)c1ccc(-c2ccc(CC(=O)O)cn2)c(C)c1.CCOC(=O)Cc1ccc(-c2ccc(C(CC)(CC)c3ccc(CCC4(O)CCCC4)c(C)c3)cc2C)nc1. The zero-order chi connectivity index (χ0) is 54.7. The number of carbonyl (C=O) groups excluding carboxylic acids is 1. The van der Waals surface area contributed by atoms with Crippen LogP contribution in [0.1, 0.15) is 191 Å². The number of ether oxygens (including phenoxy) is 1. The average Bonchev–Trinajstić information content (AvgIpc) is 4.06. The number of rotatable bonds is 21. The number of pyridine rings is 2. The summed E-state index contributed by atoms with van der Waals surface area (Å²) in [5.74, 6) is -1.07. The van der Waals surface area contributed by atoms with E-state index in [9.17, 15) is 19.8 Å². The van der Waals surface area contributed by atoms with Crippen LogP contribution in [0.5, 0.6) is 0 Å². The maximum atomic E-state index is 11.8. The molecule has 4 aromatic carbocycles. The van der Waals surface area contributed by atoms with Crippen LogP contribution in [-0.4, -0.2) is 55.0 Å². The Kier molecular flexibility index (Phi) is 19.3. The number of esters is 1. The highest BCUT2D eigenvalue weighted by molar-refractivity contribution is 5.73. The maximum Gasteiger partial charge on any atom is 0.310 e. The highest BCUT2D eigenvalue weighted by atomic mass is 16.5. The van der Waals surface area contributed by atoms with Crippen LogP contribution in [0.3, 0.4) is 0 Å². The third-order valence-electron chi connectivity index (χ3n) is 17.8. The van der Waals surface area contributed by atoms with E-state index in [1.807, 2.05) is 31.2 Å². The number of nitrogens with zero attached hydrogens (tertiary/aromatic N) is 2. The summed E-state index contributed by atoms with van der Waals surface area (Å²) in [6.07, 6.45) is 19.7. The Bertz CT molecular complexity index is 2900. The zero-order valence-electron chi connectivity index (χ0n) is 47.3.